The van der Waals surface area contributed by atoms with Crippen molar-refractivity contribution in [3.63, 3.8) is 0 Å². The number of benzene rings is 2. The Bertz CT molecular complexity index is 1910. The van der Waals surface area contributed by atoms with Gasteiger partial charge < -0.3 is 68.4 Å². The number of aliphatic hydroxyl groups is 1. The van der Waals surface area contributed by atoms with E-state index in [-0.39, 0.29) is 34.3 Å². The number of carbonyl (C=O) groups is 1. The van der Waals surface area contributed by atoms with Crippen LogP contribution < -0.4 is 5.32 Å². The first-order chi connectivity index (χ1) is 47.4. The molecular formula is C80H164N8O7S4Se. The Morgan fingerprint density at radius 3 is 1.50 bits per heavy atom. The number of carbonyl (C=O) groups excluding carboxylic acids is 1. The maximum Gasteiger partial charge on any atom is 0.0861 e. The van der Waals surface area contributed by atoms with E-state index in [0.717, 1.165) is 133 Å². The van der Waals surface area contributed by atoms with E-state index in [1.807, 2.05) is 47.9 Å². The number of aliphatic hydroxyl groups excluding tert-OH is 1. The summed E-state index contributed by atoms with van der Waals surface area (Å²) in [6.07, 6.45) is 22.2. The Hall–Kier alpha value is -0.431. The largest absolute Gasteiger partial charge is 0.390 e. The first-order valence-corrected chi connectivity index (χ1v) is 44.1. The van der Waals surface area contributed by atoms with Crippen LogP contribution in [0.5, 0.6) is 0 Å². The average Bonchev–Trinajstić information content (AvgIpc) is 0.996. The van der Waals surface area contributed by atoms with Gasteiger partial charge in [0.2, 0.25) is 5.91 Å². The van der Waals surface area contributed by atoms with Gasteiger partial charge in [-0.15, -0.1) is 0 Å². The molecule has 3 unspecified atom stereocenters. The molecule has 4 aliphatic heterocycles. The van der Waals surface area contributed by atoms with Crippen LogP contribution in [0.3, 0.4) is 0 Å². The molecule has 2 aromatic rings. The van der Waals surface area contributed by atoms with Crippen LogP contribution in [-0.4, -0.2) is 304 Å². The van der Waals surface area contributed by atoms with Crippen LogP contribution in [0.25, 0.3) is 10.8 Å². The van der Waals surface area contributed by atoms with Crippen LogP contribution >= 0.6 is 48.8 Å². The van der Waals surface area contributed by atoms with Gasteiger partial charge in [-0.3, -0.25) is 4.79 Å². The minimum absolute atomic E-state index is 0. The number of likely N-dealkylation sites (tertiary alicyclic amines) is 4. The number of thiol groups is 2. The molecule has 4 saturated heterocycles. The molecule has 0 radical (unpaired) electrons. The summed E-state index contributed by atoms with van der Waals surface area (Å²) in [6, 6.07) is 14.1. The molecule has 0 aromatic heterocycles. The van der Waals surface area contributed by atoms with Gasteiger partial charge >= 0.3 is 21.8 Å². The molecule has 4 fully saturated rings. The van der Waals surface area contributed by atoms with Crippen molar-refractivity contribution in [2.45, 2.75) is 224 Å². The Kier molecular flexibility index (Phi) is 84.3. The predicted molar refractivity (Wildman–Crippen MR) is 456 cm³/mol. The fourth-order valence-electron chi connectivity index (χ4n) is 11.6. The van der Waals surface area contributed by atoms with Crippen molar-refractivity contribution < 1.29 is 33.6 Å². The van der Waals surface area contributed by atoms with Crippen molar-refractivity contribution in [3.05, 3.63) is 42.5 Å². The smallest absolute Gasteiger partial charge is 0.0861 e. The van der Waals surface area contributed by atoms with E-state index in [2.05, 4.69) is 162 Å². The summed E-state index contributed by atoms with van der Waals surface area (Å²) in [6.45, 7) is 53.2. The zero-order valence-electron chi connectivity index (χ0n) is 64.2. The summed E-state index contributed by atoms with van der Waals surface area (Å²) >= 11 is 14.4. The second kappa shape index (κ2) is 79.6. The first kappa shape index (κ1) is 106. The topological polar surface area (TPSA) is 118 Å². The van der Waals surface area contributed by atoms with E-state index in [4.69, 9.17) is 23.7 Å². The number of hydrogen-bond acceptors (Lipinski definition) is 18. The molecule has 3 atom stereocenters. The quantitative estimate of drug-likeness (QED) is 0.0286. The standard InChI is InChI=1S/C21H46N2O3.C18H24N2OS.C14H28N2OS.C10H21NO2S.C10H21NS.C3H8.CH4Se.3CH4/c1-6-10-22(11-7-2)14-16-24-18-19-26-21(5)20-25-17-15-23(12-8-3)13-9-4;1-3-20(4-2)12-13-22-14-18(21)19-17-11-7-9-15-8-5-6-10-16(15)17;1-2-6-15(5-1)9-11-17-12-14-18-13-10-16-7-3-4-8-16;12-10(9-14)8-13-7-6-11-4-2-1-3-5-11;1-10(12)6-5-9-11-7-3-2-4-8-11;1-3-2;1-2;;;/h21H,6-20H2,1-5H3;5-11H,3-4,12-14H2,1-2H3,(H,19,21);1-14H2;10,12,14H,1-9H2;10,12H,2-9H2,1H3;3H2,1-2H3;2H,1H3;3*1H4. The maximum atomic E-state index is 12.1. The molecule has 20 heteroatoms. The summed E-state index contributed by atoms with van der Waals surface area (Å²) in [5, 5.41) is 15.0. The zero-order valence-corrected chi connectivity index (χ0v) is 69.5. The van der Waals surface area contributed by atoms with Crippen LogP contribution in [0.15, 0.2) is 42.5 Å². The van der Waals surface area contributed by atoms with Crippen LogP contribution in [0.4, 0.5) is 5.69 Å². The molecule has 1 amide bonds. The number of amides is 1. The van der Waals surface area contributed by atoms with Crippen LogP contribution in [0.1, 0.15) is 201 Å². The first-order valence-electron chi connectivity index (χ1n) is 38.7. The molecule has 4 aliphatic rings. The third kappa shape index (κ3) is 63.6. The van der Waals surface area contributed by atoms with Crippen molar-refractivity contribution >= 4 is 87.2 Å². The molecular weight excluding hydrogens is 1390 g/mol. The minimum Gasteiger partial charge on any atom is -0.390 e. The van der Waals surface area contributed by atoms with Crippen molar-refractivity contribution in [2.24, 2.45) is 0 Å². The van der Waals surface area contributed by atoms with E-state index < -0.39 is 6.10 Å². The van der Waals surface area contributed by atoms with E-state index in [9.17, 15) is 9.90 Å². The number of anilines is 1. The van der Waals surface area contributed by atoms with Gasteiger partial charge in [0.15, 0.2) is 0 Å². The van der Waals surface area contributed by atoms with Crippen LogP contribution in [-0.2, 0) is 28.5 Å². The van der Waals surface area contributed by atoms with E-state index >= 15 is 0 Å². The molecule has 15 nitrogen and oxygen atoms in total. The normalized spacial score (nSPS) is 15.7. The van der Waals surface area contributed by atoms with Gasteiger partial charge in [-0.05, 0) is 212 Å². The minimum atomic E-state index is -0.417. The summed E-state index contributed by atoms with van der Waals surface area (Å²) in [5.41, 5.74) is 0.896. The van der Waals surface area contributed by atoms with E-state index in [1.165, 1.54) is 180 Å². The number of nitrogens with zero attached hydrogens (tertiary/aromatic N) is 7. The van der Waals surface area contributed by atoms with Gasteiger partial charge in [-0.1, -0.05) is 140 Å². The summed E-state index contributed by atoms with van der Waals surface area (Å²) < 4.78 is 28.3. The fraction of sp³-hybridized carbons (Fsp3) is 0.863. The number of piperidine rings is 2. The van der Waals surface area contributed by atoms with Crippen molar-refractivity contribution in [2.75, 3.05) is 231 Å². The van der Waals surface area contributed by atoms with Gasteiger partial charge in [-0.2, -0.15) is 48.8 Å². The molecule has 0 aliphatic carbocycles. The molecule has 2 aromatic carbocycles. The Morgan fingerprint density at radius 1 is 0.530 bits per heavy atom. The van der Waals surface area contributed by atoms with Crippen molar-refractivity contribution in [1.82, 2.24) is 34.3 Å². The number of thioether (sulfide) groups is 2. The Balaban J connectivity index is -0.000000573. The van der Waals surface area contributed by atoms with Crippen molar-refractivity contribution in [3.8, 4) is 0 Å². The Morgan fingerprint density at radius 2 is 0.990 bits per heavy atom. The summed E-state index contributed by atoms with van der Waals surface area (Å²) in [7, 11) is 0. The van der Waals surface area contributed by atoms with E-state index in [1.54, 1.807) is 11.8 Å². The number of hydrogen-bond donors (Lipinski definition) is 4. The van der Waals surface area contributed by atoms with Gasteiger partial charge in [-0.25, -0.2) is 0 Å². The molecule has 596 valence electrons. The number of nitrogens with one attached hydrogen (secondary N) is 1. The SMILES string of the molecule is C.C.C.C1CCN(CCOCCSCCN2CCCC2)C1.CC(S)CCCN1CCCCC1.CCC.CCCN(CCC)CCOCCOC(C)COCCN(CCC)CCC.CCN(CC)CCSCC(=O)Nc1cccc2ccccc12.C[SeH].OC(CS)COCCN1CCCCC1. The van der Waals surface area contributed by atoms with E-state index in [0.29, 0.717) is 43.2 Å². The molecule has 0 bridgehead atoms. The molecule has 2 N–H and O–H groups in total. The zero-order chi connectivity index (χ0) is 71.5. The third-order valence-corrected chi connectivity index (χ3v) is 19.5. The summed E-state index contributed by atoms with van der Waals surface area (Å²) in [4.78, 5) is 29.5. The molecule has 100 heavy (non-hydrogen) atoms. The second-order valence-electron chi connectivity index (χ2n) is 25.9. The van der Waals surface area contributed by atoms with Gasteiger partial charge in [0.05, 0.1) is 77.4 Å². The Labute approximate surface area is 648 Å². The van der Waals surface area contributed by atoms with Gasteiger partial charge in [0.1, 0.15) is 0 Å². The molecule has 6 rings (SSSR count). The fourth-order valence-corrected chi connectivity index (χ4v) is 13.5. The van der Waals surface area contributed by atoms with Gasteiger partial charge in [0.25, 0.3) is 0 Å². The molecule has 4 heterocycles. The van der Waals surface area contributed by atoms with Crippen LogP contribution in [0, 0.1) is 0 Å². The predicted octanol–water partition coefficient (Wildman–Crippen LogP) is 16.1. The average molecular weight is 1560 g/mol. The maximum absolute atomic E-state index is 12.1. The molecule has 0 spiro atoms. The van der Waals surface area contributed by atoms with Crippen LogP contribution in [0.2, 0.25) is 5.82 Å². The number of ether oxygens (including phenoxy) is 5. The number of fused-ring (bicyclic) bond motifs is 1. The second-order valence-corrected chi connectivity index (χ2v) is 29.5. The third-order valence-electron chi connectivity index (χ3n) is 16.9. The van der Waals surface area contributed by atoms with Gasteiger partial charge in [0, 0.05) is 73.4 Å². The molecule has 0 saturated carbocycles. The number of rotatable bonds is 47. The van der Waals surface area contributed by atoms with Crippen molar-refractivity contribution in [1.29, 1.82) is 0 Å². The monoisotopic (exact) mass is 1560 g/mol. The summed E-state index contributed by atoms with van der Waals surface area (Å²) in [5.74, 6) is 6.41.